The van der Waals surface area contributed by atoms with Gasteiger partial charge >= 0.3 is 0 Å². The van der Waals surface area contributed by atoms with Gasteiger partial charge in [0, 0.05) is 11.1 Å². The molecule has 2 aromatic rings. The summed E-state index contributed by atoms with van der Waals surface area (Å²) >= 11 is 3.37. The average molecular weight is 421 g/mol. The van der Waals surface area contributed by atoms with Crippen molar-refractivity contribution in [3.8, 4) is 11.5 Å². The highest BCUT2D eigenvalue weighted by Gasteiger charge is 2.16. The van der Waals surface area contributed by atoms with Crippen LogP contribution in [0.5, 0.6) is 11.5 Å². The molecule has 0 unspecified atom stereocenters. The monoisotopic (exact) mass is 420 g/mol. The molecule has 0 spiro atoms. The third kappa shape index (κ3) is 4.54. The van der Waals surface area contributed by atoms with E-state index in [9.17, 15) is 9.59 Å². The summed E-state index contributed by atoms with van der Waals surface area (Å²) < 4.78 is 11.4. The summed E-state index contributed by atoms with van der Waals surface area (Å²) in [6.07, 6.45) is 0. The van der Waals surface area contributed by atoms with Crippen LogP contribution in [0.4, 0.5) is 0 Å². The fraction of sp³-hybridized carbons (Fsp3) is 0.263. The zero-order valence-electron chi connectivity index (χ0n) is 15.1. The van der Waals surface area contributed by atoms with Crippen molar-refractivity contribution >= 4 is 27.7 Å². The fourth-order valence-electron chi connectivity index (χ4n) is 2.28. The largest absolute Gasteiger partial charge is 0.493 e. The van der Waals surface area contributed by atoms with Gasteiger partial charge in [-0.15, -0.1) is 0 Å². The van der Waals surface area contributed by atoms with E-state index in [0.29, 0.717) is 33.7 Å². The van der Waals surface area contributed by atoms with Crippen LogP contribution in [-0.4, -0.2) is 25.5 Å². The van der Waals surface area contributed by atoms with Crippen LogP contribution >= 0.6 is 15.9 Å². The molecule has 0 atom stereocenters. The van der Waals surface area contributed by atoms with Crippen molar-refractivity contribution in [2.45, 2.75) is 20.8 Å². The number of halogens is 1. The van der Waals surface area contributed by atoms with E-state index in [4.69, 9.17) is 9.47 Å². The highest BCUT2D eigenvalue weighted by atomic mass is 79.9. The van der Waals surface area contributed by atoms with E-state index in [1.807, 2.05) is 26.8 Å². The van der Waals surface area contributed by atoms with Crippen LogP contribution in [-0.2, 0) is 0 Å². The van der Waals surface area contributed by atoms with Crippen LogP contribution in [0.1, 0.15) is 38.8 Å². The van der Waals surface area contributed by atoms with Gasteiger partial charge in [-0.05, 0) is 72.1 Å². The maximum absolute atomic E-state index is 12.3. The summed E-state index contributed by atoms with van der Waals surface area (Å²) in [6.45, 7) is 6.21. The third-order valence-corrected chi connectivity index (χ3v) is 4.43. The molecule has 0 aliphatic carbocycles. The second-order valence-electron chi connectivity index (χ2n) is 5.63. The van der Waals surface area contributed by atoms with Gasteiger partial charge in [-0.3, -0.25) is 20.4 Å². The molecule has 2 aromatic carbocycles. The summed E-state index contributed by atoms with van der Waals surface area (Å²) in [6, 6.07) is 8.49. The number of hydrogen-bond donors (Lipinski definition) is 2. The number of hydrazine groups is 1. The molecule has 0 bridgehead atoms. The molecule has 138 valence electrons. The maximum Gasteiger partial charge on any atom is 0.269 e. The minimum atomic E-state index is -0.468. The Labute approximate surface area is 161 Å². The molecular formula is C19H21BrN2O4. The van der Waals surface area contributed by atoms with Crippen molar-refractivity contribution in [3.63, 3.8) is 0 Å². The Morgan fingerprint density at radius 1 is 1.00 bits per heavy atom. The quantitative estimate of drug-likeness (QED) is 0.725. The zero-order chi connectivity index (χ0) is 19.3. The molecule has 0 radical (unpaired) electrons. The number of methoxy groups -OCH3 is 1. The molecule has 2 amide bonds. The first-order valence-corrected chi connectivity index (χ1v) is 8.85. The van der Waals surface area contributed by atoms with Crippen molar-refractivity contribution in [2.24, 2.45) is 0 Å². The summed E-state index contributed by atoms with van der Waals surface area (Å²) in [4.78, 5) is 24.5. The van der Waals surface area contributed by atoms with Crippen LogP contribution in [0, 0.1) is 13.8 Å². The van der Waals surface area contributed by atoms with Crippen LogP contribution in [0.3, 0.4) is 0 Å². The van der Waals surface area contributed by atoms with Gasteiger partial charge in [0.2, 0.25) is 0 Å². The first kappa shape index (κ1) is 19.8. The van der Waals surface area contributed by atoms with E-state index < -0.39 is 11.8 Å². The standard InChI is InChI=1S/C19H21BrN2O4/c1-5-26-17-15(20)9-14(10-16(17)25-4)19(24)22-21-18(23)13-7-6-11(2)12(3)8-13/h6-10H,5H2,1-4H3,(H,21,23)(H,22,24). The van der Waals surface area contributed by atoms with E-state index >= 15 is 0 Å². The SMILES string of the molecule is CCOc1c(Br)cc(C(=O)NNC(=O)c2ccc(C)c(C)c2)cc1OC. The number of nitrogens with one attached hydrogen (secondary N) is 2. The number of aryl methyl sites for hydroxylation is 2. The predicted molar refractivity (Wildman–Crippen MR) is 103 cm³/mol. The number of carbonyl (C=O) groups excluding carboxylic acids is 2. The fourth-order valence-corrected chi connectivity index (χ4v) is 2.83. The van der Waals surface area contributed by atoms with Gasteiger partial charge in [0.1, 0.15) is 0 Å². The van der Waals surface area contributed by atoms with Crippen molar-refractivity contribution in [2.75, 3.05) is 13.7 Å². The summed E-state index contributed by atoms with van der Waals surface area (Å²) in [7, 11) is 1.49. The van der Waals surface area contributed by atoms with Gasteiger partial charge in [0.25, 0.3) is 11.8 Å². The number of carbonyl (C=O) groups is 2. The molecule has 0 fully saturated rings. The maximum atomic E-state index is 12.3. The highest BCUT2D eigenvalue weighted by Crippen LogP contribution is 2.36. The lowest BCUT2D eigenvalue weighted by Crippen LogP contribution is -2.41. The highest BCUT2D eigenvalue weighted by molar-refractivity contribution is 9.10. The molecule has 2 rings (SSSR count). The van der Waals surface area contributed by atoms with Gasteiger partial charge in [-0.1, -0.05) is 6.07 Å². The Kier molecular flexibility index (Phi) is 6.63. The average Bonchev–Trinajstić information content (AvgIpc) is 2.63. The number of amides is 2. The Morgan fingerprint density at radius 2 is 1.65 bits per heavy atom. The molecule has 0 heterocycles. The molecule has 6 nitrogen and oxygen atoms in total. The Hall–Kier alpha value is -2.54. The van der Waals surface area contributed by atoms with E-state index in [1.165, 1.54) is 7.11 Å². The molecule has 0 saturated carbocycles. The van der Waals surface area contributed by atoms with Crippen molar-refractivity contribution in [3.05, 3.63) is 57.1 Å². The smallest absolute Gasteiger partial charge is 0.269 e. The van der Waals surface area contributed by atoms with Gasteiger partial charge in [0.15, 0.2) is 11.5 Å². The second kappa shape index (κ2) is 8.71. The van der Waals surface area contributed by atoms with E-state index in [-0.39, 0.29) is 0 Å². The lowest BCUT2D eigenvalue weighted by Gasteiger charge is -2.14. The van der Waals surface area contributed by atoms with Gasteiger partial charge in [-0.2, -0.15) is 0 Å². The molecular weight excluding hydrogens is 400 g/mol. The third-order valence-electron chi connectivity index (χ3n) is 3.84. The summed E-state index contributed by atoms with van der Waals surface area (Å²) in [5.74, 6) is 0.0835. The minimum absolute atomic E-state index is 0.317. The molecule has 0 aliphatic heterocycles. The topological polar surface area (TPSA) is 76.7 Å². The zero-order valence-corrected chi connectivity index (χ0v) is 16.7. The number of rotatable bonds is 5. The van der Waals surface area contributed by atoms with E-state index in [1.54, 1.807) is 24.3 Å². The predicted octanol–water partition coefficient (Wildman–Crippen LogP) is 3.55. The number of benzene rings is 2. The minimum Gasteiger partial charge on any atom is -0.493 e. The molecule has 0 saturated heterocycles. The van der Waals surface area contributed by atoms with Gasteiger partial charge < -0.3 is 9.47 Å². The molecule has 7 heteroatoms. The van der Waals surface area contributed by atoms with Crippen molar-refractivity contribution in [1.82, 2.24) is 10.9 Å². The number of hydrogen-bond acceptors (Lipinski definition) is 4. The van der Waals surface area contributed by atoms with Crippen LogP contribution in [0.25, 0.3) is 0 Å². The molecule has 0 aromatic heterocycles. The van der Waals surface area contributed by atoms with E-state index in [2.05, 4.69) is 26.8 Å². The summed E-state index contributed by atoms with van der Waals surface area (Å²) in [5.41, 5.74) is 7.71. The van der Waals surface area contributed by atoms with Crippen LogP contribution in [0.2, 0.25) is 0 Å². The molecule has 0 aliphatic rings. The second-order valence-corrected chi connectivity index (χ2v) is 6.48. The molecule has 2 N–H and O–H groups in total. The first-order valence-electron chi connectivity index (χ1n) is 8.05. The van der Waals surface area contributed by atoms with Gasteiger partial charge in [0.05, 0.1) is 18.2 Å². The lowest BCUT2D eigenvalue weighted by atomic mass is 10.1. The van der Waals surface area contributed by atoms with Crippen molar-refractivity contribution in [1.29, 1.82) is 0 Å². The van der Waals surface area contributed by atoms with Crippen LogP contribution < -0.4 is 20.3 Å². The van der Waals surface area contributed by atoms with Crippen molar-refractivity contribution < 1.29 is 19.1 Å². The normalized spacial score (nSPS) is 10.2. The first-order chi connectivity index (χ1) is 12.4. The Morgan fingerprint density at radius 3 is 2.23 bits per heavy atom. The van der Waals surface area contributed by atoms with Gasteiger partial charge in [-0.25, -0.2) is 0 Å². The Bertz CT molecular complexity index is 837. The molecule has 26 heavy (non-hydrogen) atoms. The van der Waals surface area contributed by atoms with Crippen LogP contribution in [0.15, 0.2) is 34.8 Å². The number of ether oxygens (including phenoxy) is 2. The lowest BCUT2D eigenvalue weighted by molar-refractivity contribution is 0.0846. The summed E-state index contributed by atoms with van der Waals surface area (Å²) in [5, 5.41) is 0. The van der Waals surface area contributed by atoms with E-state index in [0.717, 1.165) is 11.1 Å². The Balaban J connectivity index is 2.11.